The smallest absolute Gasteiger partial charge is 0.240 e. The van der Waals surface area contributed by atoms with Gasteiger partial charge in [-0.1, -0.05) is 22.9 Å². The molecule has 6 heteroatoms. The molecule has 2 aliphatic rings. The topological polar surface area (TPSA) is 58.6 Å². The van der Waals surface area contributed by atoms with Gasteiger partial charge in [-0.2, -0.15) is 0 Å². The molecule has 0 saturated carbocycles. The Labute approximate surface area is 150 Å². The third-order valence-corrected chi connectivity index (χ3v) is 5.68. The van der Waals surface area contributed by atoms with E-state index in [-0.39, 0.29) is 23.9 Å². The van der Waals surface area contributed by atoms with Crippen molar-refractivity contribution in [2.45, 2.75) is 44.6 Å². The fraction of sp³-hybridized carbons (Fsp3) is 0.556. The number of hydrogen-bond acceptors (Lipinski definition) is 3. The van der Waals surface area contributed by atoms with E-state index in [4.69, 9.17) is 4.74 Å². The van der Waals surface area contributed by atoms with E-state index in [1.165, 1.54) is 0 Å². The number of nitrogens with zero attached hydrogens (tertiary/aromatic N) is 1. The summed E-state index contributed by atoms with van der Waals surface area (Å²) < 4.78 is 6.38. The van der Waals surface area contributed by atoms with Crippen molar-refractivity contribution in [3.8, 4) is 0 Å². The molecule has 3 rings (SSSR count). The Bertz CT molecular complexity index is 681. The third-order valence-electron chi connectivity index (χ3n) is 5.19. The van der Waals surface area contributed by atoms with Crippen molar-refractivity contribution in [1.29, 1.82) is 0 Å². The summed E-state index contributed by atoms with van der Waals surface area (Å²) in [6.45, 7) is 7.09. The fourth-order valence-corrected chi connectivity index (χ4v) is 3.88. The van der Waals surface area contributed by atoms with Gasteiger partial charge in [0.25, 0.3) is 0 Å². The van der Waals surface area contributed by atoms with E-state index in [0.717, 1.165) is 28.6 Å². The molecule has 2 amide bonds. The normalized spacial score (nSPS) is 25.0. The van der Waals surface area contributed by atoms with Crippen LogP contribution in [0.5, 0.6) is 0 Å². The van der Waals surface area contributed by atoms with Crippen LogP contribution in [0.2, 0.25) is 0 Å². The van der Waals surface area contributed by atoms with E-state index in [1.54, 1.807) is 4.90 Å². The van der Waals surface area contributed by atoms with Crippen LogP contribution in [0, 0.1) is 0 Å². The average molecular weight is 395 g/mol. The Morgan fingerprint density at radius 3 is 2.79 bits per heavy atom. The van der Waals surface area contributed by atoms with Crippen molar-refractivity contribution >= 4 is 33.4 Å². The molecule has 0 radical (unpaired) electrons. The summed E-state index contributed by atoms with van der Waals surface area (Å²) in [5.74, 6) is -0.179. The van der Waals surface area contributed by atoms with Crippen LogP contribution >= 0.6 is 15.9 Å². The molecule has 130 valence electrons. The summed E-state index contributed by atoms with van der Waals surface area (Å²) in [7, 11) is 0. The summed E-state index contributed by atoms with van der Waals surface area (Å²) in [5.41, 5.74) is 0.844. The van der Waals surface area contributed by atoms with Crippen LogP contribution in [0.4, 0.5) is 5.69 Å². The second-order valence-corrected chi connectivity index (χ2v) is 8.08. The van der Waals surface area contributed by atoms with Crippen LogP contribution in [0.3, 0.4) is 0 Å². The van der Waals surface area contributed by atoms with Gasteiger partial charge in [-0.05, 0) is 50.5 Å². The second kappa shape index (κ2) is 6.15. The quantitative estimate of drug-likeness (QED) is 0.853. The summed E-state index contributed by atoms with van der Waals surface area (Å²) in [5, 5.41) is 3.09. The average Bonchev–Trinajstić information content (AvgIpc) is 3.06. The first kappa shape index (κ1) is 17.4. The number of rotatable bonds is 4. The maximum atomic E-state index is 12.8. The van der Waals surface area contributed by atoms with Gasteiger partial charge in [0.15, 0.2) is 0 Å². The van der Waals surface area contributed by atoms with Crippen LogP contribution in [0.25, 0.3) is 0 Å². The van der Waals surface area contributed by atoms with E-state index in [9.17, 15) is 9.59 Å². The van der Waals surface area contributed by atoms with E-state index < -0.39 is 5.41 Å². The van der Waals surface area contributed by atoms with Gasteiger partial charge in [0, 0.05) is 16.8 Å². The van der Waals surface area contributed by atoms with Crippen LogP contribution in [-0.2, 0) is 19.7 Å². The molecule has 0 bridgehead atoms. The molecule has 0 spiro atoms. The molecular formula is C18H23BrN2O3. The number of benzene rings is 1. The minimum absolute atomic E-state index is 0.0403. The first-order valence-electron chi connectivity index (χ1n) is 8.30. The molecular weight excluding hydrogens is 372 g/mol. The number of ether oxygens (including phenoxy) is 1. The van der Waals surface area contributed by atoms with Crippen molar-refractivity contribution in [2.75, 3.05) is 24.7 Å². The van der Waals surface area contributed by atoms with E-state index in [1.807, 2.05) is 39.0 Å². The summed E-state index contributed by atoms with van der Waals surface area (Å²) in [6.07, 6.45) is 1.64. The fourth-order valence-electron chi connectivity index (χ4n) is 3.52. The number of carbonyl (C=O) groups is 2. The Hall–Kier alpha value is -1.40. The van der Waals surface area contributed by atoms with Crippen molar-refractivity contribution < 1.29 is 14.3 Å². The zero-order valence-electron chi connectivity index (χ0n) is 14.3. The Morgan fingerprint density at radius 1 is 1.42 bits per heavy atom. The van der Waals surface area contributed by atoms with Crippen LogP contribution in [-0.4, -0.2) is 37.1 Å². The molecule has 2 heterocycles. The molecule has 1 atom stereocenters. The van der Waals surface area contributed by atoms with Gasteiger partial charge < -0.3 is 15.0 Å². The molecule has 1 N–H and O–H groups in total. The number of amides is 2. The largest absolute Gasteiger partial charge is 0.379 e. The lowest BCUT2D eigenvalue weighted by Crippen LogP contribution is -2.52. The minimum atomic E-state index is -0.627. The van der Waals surface area contributed by atoms with Gasteiger partial charge in [-0.25, -0.2) is 0 Å². The molecule has 24 heavy (non-hydrogen) atoms. The molecule has 0 unspecified atom stereocenters. The number of carbonyl (C=O) groups excluding carboxylic acids is 2. The lowest BCUT2D eigenvalue weighted by Gasteiger charge is -2.29. The van der Waals surface area contributed by atoms with E-state index in [0.29, 0.717) is 13.2 Å². The number of hydrogen-bond donors (Lipinski definition) is 1. The standard InChI is InChI=1S/C18H23BrN2O3/c1-4-18(7-8-24-11-18)20-15(22)10-21-14-6-5-12(19)9-13(14)17(2,3)16(21)23/h5-6,9H,4,7-8,10-11H2,1-3H3,(H,20,22)/t18-/m1/s1. The predicted octanol–water partition coefficient (Wildman–Crippen LogP) is 2.76. The van der Waals surface area contributed by atoms with Gasteiger partial charge in [-0.15, -0.1) is 0 Å². The van der Waals surface area contributed by atoms with Crippen molar-refractivity contribution in [2.24, 2.45) is 0 Å². The molecule has 1 aromatic carbocycles. The van der Waals surface area contributed by atoms with E-state index in [2.05, 4.69) is 21.2 Å². The lowest BCUT2D eigenvalue weighted by molar-refractivity contribution is -0.126. The van der Waals surface area contributed by atoms with E-state index >= 15 is 0 Å². The SMILES string of the molecule is CC[C@@]1(NC(=O)CN2C(=O)C(C)(C)c3cc(Br)ccc32)CCOC1. The van der Waals surface area contributed by atoms with Crippen LogP contribution < -0.4 is 10.2 Å². The zero-order valence-corrected chi connectivity index (χ0v) is 15.9. The number of anilines is 1. The first-order chi connectivity index (χ1) is 11.3. The van der Waals surface area contributed by atoms with Crippen molar-refractivity contribution in [3.05, 3.63) is 28.2 Å². The number of nitrogens with one attached hydrogen (secondary N) is 1. The molecule has 1 saturated heterocycles. The Balaban J connectivity index is 1.81. The van der Waals surface area contributed by atoms with Gasteiger partial charge >= 0.3 is 0 Å². The highest BCUT2D eigenvalue weighted by Crippen LogP contribution is 2.42. The highest BCUT2D eigenvalue weighted by molar-refractivity contribution is 9.10. The summed E-state index contributed by atoms with van der Waals surface area (Å²) in [6, 6.07) is 5.76. The van der Waals surface area contributed by atoms with Gasteiger partial charge in [-0.3, -0.25) is 9.59 Å². The highest BCUT2D eigenvalue weighted by atomic mass is 79.9. The predicted molar refractivity (Wildman–Crippen MR) is 96.1 cm³/mol. The third kappa shape index (κ3) is 2.86. The van der Waals surface area contributed by atoms with Gasteiger partial charge in [0.1, 0.15) is 6.54 Å². The Morgan fingerprint density at radius 2 is 2.17 bits per heavy atom. The van der Waals surface area contributed by atoms with Crippen molar-refractivity contribution in [3.63, 3.8) is 0 Å². The monoisotopic (exact) mass is 394 g/mol. The summed E-state index contributed by atoms with van der Waals surface area (Å²) >= 11 is 3.46. The molecule has 0 aromatic heterocycles. The van der Waals surface area contributed by atoms with Crippen LogP contribution in [0.15, 0.2) is 22.7 Å². The second-order valence-electron chi connectivity index (χ2n) is 7.16. The molecule has 1 fully saturated rings. The molecule has 5 nitrogen and oxygen atoms in total. The highest BCUT2D eigenvalue weighted by Gasteiger charge is 2.45. The van der Waals surface area contributed by atoms with Crippen LogP contribution in [0.1, 0.15) is 39.2 Å². The Kier molecular flexibility index (Phi) is 4.47. The lowest BCUT2D eigenvalue weighted by atomic mass is 9.86. The zero-order chi connectivity index (χ0) is 17.5. The maximum Gasteiger partial charge on any atom is 0.240 e. The molecule has 2 aliphatic heterocycles. The number of fused-ring (bicyclic) bond motifs is 1. The summed E-state index contributed by atoms with van der Waals surface area (Å²) in [4.78, 5) is 27.0. The van der Waals surface area contributed by atoms with Crippen molar-refractivity contribution in [1.82, 2.24) is 5.32 Å². The number of halogens is 1. The first-order valence-corrected chi connectivity index (χ1v) is 9.09. The van der Waals surface area contributed by atoms with Gasteiger partial charge in [0.05, 0.1) is 17.6 Å². The molecule has 0 aliphatic carbocycles. The molecule has 1 aromatic rings. The maximum absolute atomic E-state index is 12.8. The minimum Gasteiger partial charge on any atom is -0.379 e. The van der Waals surface area contributed by atoms with Gasteiger partial charge in [0.2, 0.25) is 11.8 Å².